The van der Waals surface area contributed by atoms with E-state index in [9.17, 15) is 0 Å². The second-order valence-corrected chi connectivity index (χ2v) is 4.89. The smallest absolute Gasteiger partial charge is 0.153 e. The Morgan fingerprint density at radius 1 is 1.38 bits per heavy atom. The van der Waals surface area contributed by atoms with E-state index in [0.29, 0.717) is 18.4 Å². The Hall–Kier alpha value is -0.900. The minimum atomic E-state index is 0.374. The SMILES string of the molecule is CC(CCN)c1n[nH]c(C2CCCCC2)n1. The second-order valence-electron chi connectivity index (χ2n) is 4.89. The minimum absolute atomic E-state index is 0.374. The van der Waals surface area contributed by atoms with Gasteiger partial charge in [-0.2, -0.15) is 5.10 Å². The molecule has 0 aromatic carbocycles. The van der Waals surface area contributed by atoms with Crippen molar-refractivity contribution >= 4 is 0 Å². The summed E-state index contributed by atoms with van der Waals surface area (Å²) in [6, 6.07) is 0. The molecule has 0 bridgehead atoms. The quantitative estimate of drug-likeness (QED) is 0.821. The molecule has 0 amide bonds. The summed E-state index contributed by atoms with van der Waals surface area (Å²) in [6.45, 7) is 2.84. The number of rotatable bonds is 4. The van der Waals surface area contributed by atoms with Crippen LogP contribution in [0.3, 0.4) is 0 Å². The maximum absolute atomic E-state index is 5.55. The third-order valence-electron chi connectivity index (χ3n) is 3.55. The summed E-state index contributed by atoms with van der Waals surface area (Å²) < 4.78 is 0. The van der Waals surface area contributed by atoms with Gasteiger partial charge in [-0.3, -0.25) is 5.10 Å². The molecule has 0 aliphatic heterocycles. The molecule has 1 saturated carbocycles. The summed E-state index contributed by atoms with van der Waals surface area (Å²) in [6.07, 6.45) is 7.53. The maximum atomic E-state index is 5.55. The van der Waals surface area contributed by atoms with Gasteiger partial charge in [-0.05, 0) is 25.8 Å². The van der Waals surface area contributed by atoms with Crippen LogP contribution in [0.5, 0.6) is 0 Å². The number of hydrogen-bond donors (Lipinski definition) is 2. The van der Waals surface area contributed by atoms with Crippen LogP contribution in [0.4, 0.5) is 0 Å². The van der Waals surface area contributed by atoms with Crippen molar-refractivity contribution in [3.8, 4) is 0 Å². The van der Waals surface area contributed by atoms with E-state index in [2.05, 4.69) is 22.1 Å². The highest BCUT2D eigenvalue weighted by Crippen LogP contribution is 2.31. The third kappa shape index (κ3) is 2.61. The first-order valence-electron chi connectivity index (χ1n) is 6.43. The third-order valence-corrected chi connectivity index (χ3v) is 3.55. The topological polar surface area (TPSA) is 67.6 Å². The van der Waals surface area contributed by atoms with E-state index in [1.165, 1.54) is 32.1 Å². The van der Waals surface area contributed by atoms with Gasteiger partial charge in [0.25, 0.3) is 0 Å². The Kier molecular flexibility index (Phi) is 3.93. The number of H-pyrrole nitrogens is 1. The largest absolute Gasteiger partial charge is 0.330 e. The number of aromatic nitrogens is 3. The summed E-state index contributed by atoms with van der Waals surface area (Å²) in [5.74, 6) is 3.02. The molecule has 0 saturated heterocycles. The zero-order chi connectivity index (χ0) is 11.4. The van der Waals surface area contributed by atoms with Gasteiger partial charge < -0.3 is 5.73 Å². The van der Waals surface area contributed by atoms with Gasteiger partial charge in [-0.25, -0.2) is 4.98 Å². The first-order valence-corrected chi connectivity index (χ1v) is 6.43. The van der Waals surface area contributed by atoms with Crippen LogP contribution in [0.1, 0.15) is 68.9 Å². The first-order chi connectivity index (χ1) is 7.81. The van der Waals surface area contributed by atoms with Crippen LogP contribution in [-0.2, 0) is 0 Å². The molecule has 1 fully saturated rings. The first kappa shape index (κ1) is 11.6. The summed E-state index contributed by atoms with van der Waals surface area (Å²) in [5, 5.41) is 7.43. The molecule has 4 nitrogen and oxygen atoms in total. The number of nitrogens with zero attached hydrogens (tertiary/aromatic N) is 2. The molecule has 90 valence electrons. The highest BCUT2D eigenvalue weighted by atomic mass is 15.2. The lowest BCUT2D eigenvalue weighted by Gasteiger charge is -2.18. The van der Waals surface area contributed by atoms with Gasteiger partial charge in [0.15, 0.2) is 5.82 Å². The molecule has 1 atom stereocenters. The lowest BCUT2D eigenvalue weighted by atomic mass is 9.89. The summed E-state index contributed by atoms with van der Waals surface area (Å²) in [5.41, 5.74) is 5.55. The van der Waals surface area contributed by atoms with Crippen LogP contribution in [0.25, 0.3) is 0 Å². The molecule has 2 rings (SSSR count). The maximum Gasteiger partial charge on any atom is 0.153 e. The average molecular weight is 222 g/mol. The monoisotopic (exact) mass is 222 g/mol. The zero-order valence-electron chi connectivity index (χ0n) is 10.1. The van der Waals surface area contributed by atoms with Crippen molar-refractivity contribution in [1.29, 1.82) is 0 Å². The van der Waals surface area contributed by atoms with Crippen LogP contribution in [0.2, 0.25) is 0 Å². The lowest BCUT2D eigenvalue weighted by Crippen LogP contribution is -2.07. The van der Waals surface area contributed by atoms with E-state index in [-0.39, 0.29) is 0 Å². The zero-order valence-corrected chi connectivity index (χ0v) is 10.1. The fraction of sp³-hybridized carbons (Fsp3) is 0.833. The van der Waals surface area contributed by atoms with E-state index < -0.39 is 0 Å². The van der Waals surface area contributed by atoms with E-state index in [1.54, 1.807) is 0 Å². The van der Waals surface area contributed by atoms with Crippen LogP contribution < -0.4 is 5.73 Å². The predicted octanol–water partition coefficient (Wildman–Crippen LogP) is 2.30. The molecule has 3 N–H and O–H groups in total. The molecule has 1 aromatic rings. The van der Waals surface area contributed by atoms with Gasteiger partial charge in [0.2, 0.25) is 0 Å². The van der Waals surface area contributed by atoms with Crippen LogP contribution in [0, 0.1) is 0 Å². The Bertz CT molecular complexity index is 315. The van der Waals surface area contributed by atoms with E-state index in [1.807, 2.05) is 0 Å². The van der Waals surface area contributed by atoms with Crippen molar-refractivity contribution in [3.63, 3.8) is 0 Å². The fourth-order valence-electron chi connectivity index (χ4n) is 2.45. The number of nitrogens with two attached hydrogens (primary N) is 1. The van der Waals surface area contributed by atoms with Crippen molar-refractivity contribution in [2.45, 2.75) is 57.3 Å². The molecule has 1 heterocycles. The predicted molar refractivity (Wildman–Crippen MR) is 64.3 cm³/mol. The molecule has 16 heavy (non-hydrogen) atoms. The van der Waals surface area contributed by atoms with Crippen molar-refractivity contribution in [1.82, 2.24) is 15.2 Å². The molecule has 4 heteroatoms. The highest BCUT2D eigenvalue weighted by Gasteiger charge is 2.20. The van der Waals surface area contributed by atoms with Crippen LogP contribution in [0.15, 0.2) is 0 Å². The van der Waals surface area contributed by atoms with E-state index >= 15 is 0 Å². The van der Waals surface area contributed by atoms with Crippen LogP contribution in [-0.4, -0.2) is 21.7 Å². The number of nitrogens with one attached hydrogen (secondary N) is 1. The minimum Gasteiger partial charge on any atom is -0.330 e. The standard InChI is InChI=1S/C12H22N4/c1-9(7-8-13)11-14-12(16-15-11)10-5-3-2-4-6-10/h9-10H,2-8,13H2,1H3,(H,14,15,16). The van der Waals surface area contributed by atoms with Crippen molar-refractivity contribution in [2.24, 2.45) is 5.73 Å². The molecule has 0 radical (unpaired) electrons. The fourth-order valence-corrected chi connectivity index (χ4v) is 2.45. The van der Waals surface area contributed by atoms with Gasteiger partial charge in [0.05, 0.1) is 0 Å². The highest BCUT2D eigenvalue weighted by molar-refractivity contribution is 5.02. The number of aromatic amines is 1. The number of hydrogen-bond acceptors (Lipinski definition) is 3. The second kappa shape index (κ2) is 5.43. The molecule has 1 aliphatic carbocycles. The average Bonchev–Trinajstić information content (AvgIpc) is 2.80. The van der Waals surface area contributed by atoms with Crippen molar-refractivity contribution in [3.05, 3.63) is 11.6 Å². The van der Waals surface area contributed by atoms with Crippen molar-refractivity contribution < 1.29 is 0 Å². The Labute approximate surface area is 97.0 Å². The summed E-state index contributed by atoms with van der Waals surface area (Å²) in [7, 11) is 0. The van der Waals surface area contributed by atoms with Gasteiger partial charge >= 0.3 is 0 Å². The van der Waals surface area contributed by atoms with E-state index in [4.69, 9.17) is 5.73 Å². The van der Waals surface area contributed by atoms with Gasteiger partial charge in [0.1, 0.15) is 5.82 Å². The lowest BCUT2D eigenvalue weighted by molar-refractivity contribution is 0.429. The molecule has 0 spiro atoms. The summed E-state index contributed by atoms with van der Waals surface area (Å²) in [4.78, 5) is 4.63. The molecule has 1 aliphatic rings. The summed E-state index contributed by atoms with van der Waals surface area (Å²) >= 11 is 0. The Morgan fingerprint density at radius 2 is 2.12 bits per heavy atom. The molecule has 1 unspecified atom stereocenters. The Morgan fingerprint density at radius 3 is 2.81 bits per heavy atom. The van der Waals surface area contributed by atoms with Gasteiger partial charge in [-0.1, -0.05) is 26.2 Å². The van der Waals surface area contributed by atoms with Crippen LogP contribution >= 0.6 is 0 Å². The molecular formula is C12H22N4. The molecule has 1 aromatic heterocycles. The van der Waals surface area contributed by atoms with Crippen molar-refractivity contribution in [2.75, 3.05) is 6.54 Å². The Balaban J connectivity index is 2.00. The molecular weight excluding hydrogens is 200 g/mol. The normalized spacial score (nSPS) is 19.9. The van der Waals surface area contributed by atoms with Gasteiger partial charge in [-0.15, -0.1) is 0 Å². The van der Waals surface area contributed by atoms with E-state index in [0.717, 1.165) is 18.1 Å². The van der Waals surface area contributed by atoms with Gasteiger partial charge in [0, 0.05) is 11.8 Å².